The van der Waals surface area contributed by atoms with Crippen molar-refractivity contribution < 1.29 is 9.53 Å². The highest BCUT2D eigenvalue weighted by Crippen LogP contribution is 2.28. The fraction of sp³-hybridized carbons (Fsp3) is 0.500. The molecule has 0 aliphatic carbocycles. The first-order chi connectivity index (χ1) is 10.2. The van der Waals surface area contributed by atoms with Crippen molar-refractivity contribution in [1.29, 1.82) is 0 Å². The topological polar surface area (TPSA) is 60.2 Å². The number of methoxy groups -OCH3 is 1. The Balaban J connectivity index is 1.88. The molecule has 1 aliphatic rings. The van der Waals surface area contributed by atoms with E-state index in [1.54, 1.807) is 18.0 Å². The first kappa shape index (κ1) is 14.2. The predicted octanol–water partition coefficient (Wildman–Crippen LogP) is 1.75. The number of hydrogen-bond donors (Lipinski definition) is 0. The van der Waals surface area contributed by atoms with Crippen LogP contribution in [0.5, 0.6) is 0 Å². The van der Waals surface area contributed by atoms with Gasteiger partial charge in [-0.25, -0.2) is 4.98 Å². The Morgan fingerprint density at radius 2 is 2.43 bits per heavy atom. The van der Waals surface area contributed by atoms with Crippen molar-refractivity contribution >= 4 is 17.2 Å². The summed E-state index contributed by atoms with van der Waals surface area (Å²) in [6.45, 7) is 4.66. The fourth-order valence-corrected chi connectivity index (χ4v) is 3.22. The van der Waals surface area contributed by atoms with Gasteiger partial charge in [0.2, 0.25) is 0 Å². The third-order valence-corrected chi connectivity index (χ3v) is 4.28. The molecule has 0 bridgehead atoms. The average molecular weight is 306 g/mol. The van der Waals surface area contributed by atoms with Gasteiger partial charge in [-0.15, -0.1) is 11.3 Å². The minimum absolute atomic E-state index is 0.0211. The van der Waals surface area contributed by atoms with Crippen LogP contribution in [0, 0.1) is 0 Å². The summed E-state index contributed by atoms with van der Waals surface area (Å²) in [5.41, 5.74) is 4.36. The minimum atomic E-state index is -0.0211. The number of carbonyl (C=O) groups is 1. The Hall–Kier alpha value is -1.73. The van der Waals surface area contributed by atoms with E-state index >= 15 is 0 Å². The number of thiazole rings is 1. The van der Waals surface area contributed by atoms with Gasteiger partial charge >= 0.3 is 0 Å². The van der Waals surface area contributed by atoms with Gasteiger partial charge in [-0.1, -0.05) is 0 Å². The Morgan fingerprint density at radius 3 is 3.10 bits per heavy atom. The second-order valence-corrected chi connectivity index (χ2v) is 5.83. The van der Waals surface area contributed by atoms with Gasteiger partial charge in [-0.3, -0.25) is 9.48 Å². The monoisotopic (exact) mass is 306 g/mol. The molecule has 21 heavy (non-hydrogen) atoms. The normalized spacial score (nSPS) is 17.8. The van der Waals surface area contributed by atoms with E-state index in [4.69, 9.17) is 4.74 Å². The van der Waals surface area contributed by atoms with Crippen molar-refractivity contribution in [3.63, 3.8) is 0 Å². The molecule has 2 aromatic rings. The van der Waals surface area contributed by atoms with Gasteiger partial charge in [-0.05, 0) is 6.92 Å². The smallest absolute Gasteiger partial charge is 0.273 e. The molecular weight excluding hydrogens is 288 g/mol. The zero-order valence-corrected chi connectivity index (χ0v) is 13.0. The summed E-state index contributed by atoms with van der Waals surface area (Å²) in [6, 6.07) is 0. The van der Waals surface area contributed by atoms with Crippen LogP contribution in [-0.4, -0.2) is 45.8 Å². The van der Waals surface area contributed by atoms with Crippen molar-refractivity contribution in [3.8, 4) is 0 Å². The van der Waals surface area contributed by atoms with Crippen molar-refractivity contribution in [2.45, 2.75) is 25.9 Å². The maximum Gasteiger partial charge on any atom is 0.273 e. The molecule has 0 unspecified atom stereocenters. The predicted molar refractivity (Wildman–Crippen MR) is 79.4 cm³/mol. The molecule has 0 fully saturated rings. The van der Waals surface area contributed by atoms with E-state index in [0.717, 1.165) is 17.8 Å². The van der Waals surface area contributed by atoms with Gasteiger partial charge in [0.15, 0.2) is 0 Å². The highest BCUT2D eigenvalue weighted by molar-refractivity contribution is 7.07. The lowest BCUT2D eigenvalue weighted by Gasteiger charge is -2.31. The van der Waals surface area contributed by atoms with Gasteiger partial charge in [0.05, 0.1) is 17.8 Å². The number of fused-ring (bicyclic) bond motifs is 1. The highest BCUT2D eigenvalue weighted by Gasteiger charge is 2.31. The van der Waals surface area contributed by atoms with Crippen LogP contribution < -0.4 is 0 Å². The quantitative estimate of drug-likeness (QED) is 0.863. The van der Waals surface area contributed by atoms with Crippen LogP contribution >= 0.6 is 11.3 Å². The molecule has 0 radical (unpaired) electrons. The SMILES string of the molecule is CCn1cc2c(n1)[C@@H](COC)CN(C(=O)c1cscn1)C2. The lowest BCUT2D eigenvalue weighted by atomic mass is 9.97. The van der Waals surface area contributed by atoms with Crippen LogP contribution in [0.2, 0.25) is 0 Å². The van der Waals surface area contributed by atoms with Gasteiger partial charge in [0.25, 0.3) is 5.91 Å². The van der Waals surface area contributed by atoms with Crippen LogP contribution in [0.4, 0.5) is 0 Å². The third kappa shape index (κ3) is 2.71. The summed E-state index contributed by atoms with van der Waals surface area (Å²) in [4.78, 5) is 18.4. The average Bonchev–Trinajstić information content (AvgIpc) is 3.15. The summed E-state index contributed by atoms with van der Waals surface area (Å²) >= 11 is 1.44. The van der Waals surface area contributed by atoms with Crippen molar-refractivity contribution in [1.82, 2.24) is 19.7 Å². The summed E-state index contributed by atoms with van der Waals surface area (Å²) in [5.74, 6) is 0.0985. The molecule has 0 spiro atoms. The molecule has 2 aromatic heterocycles. The highest BCUT2D eigenvalue weighted by atomic mass is 32.1. The molecule has 0 aromatic carbocycles. The van der Waals surface area contributed by atoms with Crippen molar-refractivity contribution in [2.75, 3.05) is 20.3 Å². The number of rotatable bonds is 4. The maximum atomic E-state index is 12.5. The summed E-state index contributed by atoms with van der Waals surface area (Å²) in [5, 5.41) is 6.40. The largest absolute Gasteiger partial charge is 0.384 e. The lowest BCUT2D eigenvalue weighted by Crippen LogP contribution is -2.39. The van der Waals surface area contributed by atoms with E-state index in [-0.39, 0.29) is 11.8 Å². The Labute approximate surface area is 127 Å². The second kappa shape index (κ2) is 5.95. The molecule has 1 atom stereocenters. The van der Waals surface area contributed by atoms with E-state index in [1.807, 2.05) is 15.8 Å². The number of amides is 1. The van der Waals surface area contributed by atoms with E-state index in [0.29, 0.717) is 25.4 Å². The first-order valence-corrected chi connectivity index (χ1v) is 7.89. The number of hydrogen-bond acceptors (Lipinski definition) is 5. The number of aryl methyl sites for hydroxylation is 1. The summed E-state index contributed by atoms with van der Waals surface area (Å²) in [6.07, 6.45) is 2.03. The van der Waals surface area contributed by atoms with Gasteiger partial charge < -0.3 is 9.64 Å². The standard InChI is InChI=1S/C14H18N4O2S/c1-3-18-6-10-4-17(14(19)12-8-21-9-15-12)5-11(7-20-2)13(10)16-18/h6,8-9,11H,3-5,7H2,1-2H3/t11-/m1/s1. The molecule has 3 rings (SSSR count). The molecule has 0 saturated carbocycles. The Bertz CT molecular complexity index is 623. The second-order valence-electron chi connectivity index (χ2n) is 5.11. The third-order valence-electron chi connectivity index (χ3n) is 3.69. The maximum absolute atomic E-state index is 12.5. The number of ether oxygens (including phenoxy) is 1. The lowest BCUT2D eigenvalue weighted by molar-refractivity contribution is 0.0673. The fourth-order valence-electron chi connectivity index (χ4n) is 2.70. The minimum Gasteiger partial charge on any atom is -0.384 e. The van der Waals surface area contributed by atoms with Crippen LogP contribution in [0.1, 0.15) is 34.6 Å². The molecule has 0 saturated heterocycles. The van der Waals surface area contributed by atoms with Gasteiger partial charge in [0.1, 0.15) is 5.69 Å². The Morgan fingerprint density at radius 1 is 1.57 bits per heavy atom. The molecule has 1 amide bonds. The van der Waals surface area contributed by atoms with Gasteiger partial charge in [0, 0.05) is 49.8 Å². The van der Waals surface area contributed by atoms with E-state index in [9.17, 15) is 4.79 Å². The molecular formula is C14H18N4O2S. The molecule has 7 heteroatoms. The summed E-state index contributed by atoms with van der Waals surface area (Å²) in [7, 11) is 1.68. The molecule has 112 valence electrons. The number of aromatic nitrogens is 3. The van der Waals surface area contributed by atoms with Crippen LogP contribution in [0.25, 0.3) is 0 Å². The van der Waals surface area contributed by atoms with Crippen LogP contribution in [0.3, 0.4) is 0 Å². The molecule has 0 N–H and O–H groups in total. The number of nitrogens with zero attached hydrogens (tertiary/aromatic N) is 4. The molecule has 3 heterocycles. The van der Waals surface area contributed by atoms with E-state index in [1.165, 1.54) is 11.3 Å². The zero-order valence-electron chi connectivity index (χ0n) is 12.2. The number of carbonyl (C=O) groups excluding carboxylic acids is 1. The Kier molecular flexibility index (Phi) is 4.03. The zero-order chi connectivity index (χ0) is 14.8. The van der Waals surface area contributed by atoms with Crippen molar-refractivity contribution in [2.24, 2.45) is 0 Å². The first-order valence-electron chi connectivity index (χ1n) is 6.95. The van der Waals surface area contributed by atoms with Gasteiger partial charge in [-0.2, -0.15) is 5.10 Å². The van der Waals surface area contributed by atoms with E-state index < -0.39 is 0 Å². The van der Waals surface area contributed by atoms with Crippen molar-refractivity contribution in [3.05, 3.63) is 34.0 Å². The molecule has 1 aliphatic heterocycles. The summed E-state index contributed by atoms with van der Waals surface area (Å²) < 4.78 is 7.22. The molecule has 6 nitrogen and oxygen atoms in total. The van der Waals surface area contributed by atoms with Crippen LogP contribution in [-0.2, 0) is 17.8 Å². The van der Waals surface area contributed by atoms with Crippen LogP contribution in [0.15, 0.2) is 17.1 Å². The van der Waals surface area contributed by atoms with E-state index in [2.05, 4.69) is 17.0 Å².